The summed E-state index contributed by atoms with van der Waals surface area (Å²) in [5.74, 6) is 0.155. The third-order valence-electron chi connectivity index (χ3n) is 4.04. The van der Waals surface area contributed by atoms with E-state index in [-0.39, 0.29) is 17.7 Å². The van der Waals surface area contributed by atoms with Crippen molar-refractivity contribution in [2.75, 3.05) is 25.4 Å². The zero-order valence-electron chi connectivity index (χ0n) is 13.3. The summed E-state index contributed by atoms with van der Waals surface area (Å²) in [5, 5.41) is 3.00. The summed E-state index contributed by atoms with van der Waals surface area (Å²) in [6.45, 7) is 3.94. The van der Waals surface area contributed by atoms with Crippen molar-refractivity contribution in [1.29, 1.82) is 0 Å². The summed E-state index contributed by atoms with van der Waals surface area (Å²) < 4.78 is 25.6. The van der Waals surface area contributed by atoms with Crippen LogP contribution in [0.1, 0.15) is 26.2 Å². The third kappa shape index (κ3) is 5.58. The zero-order chi connectivity index (χ0) is 16.9. The molecule has 0 aliphatic carbocycles. The molecule has 1 heterocycles. The summed E-state index contributed by atoms with van der Waals surface area (Å²) >= 11 is 3.31. The summed E-state index contributed by atoms with van der Waals surface area (Å²) in [6.07, 6.45) is 2.42. The number of carbonyl (C=O) groups is 1. The first kappa shape index (κ1) is 18.4. The molecule has 5 nitrogen and oxygen atoms in total. The smallest absolute Gasteiger partial charge is 0.219 e. The van der Waals surface area contributed by atoms with Gasteiger partial charge in [-0.05, 0) is 43.7 Å². The van der Waals surface area contributed by atoms with Gasteiger partial charge in [0.25, 0.3) is 0 Å². The molecule has 1 saturated heterocycles. The van der Waals surface area contributed by atoms with Crippen LogP contribution in [0, 0.1) is 0 Å². The van der Waals surface area contributed by atoms with Crippen molar-refractivity contribution in [1.82, 2.24) is 10.2 Å². The Labute approximate surface area is 146 Å². The van der Waals surface area contributed by atoms with E-state index in [2.05, 4.69) is 26.1 Å². The maximum absolute atomic E-state index is 12.4. The molecule has 1 aromatic rings. The van der Waals surface area contributed by atoms with Crippen molar-refractivity contribution < 1.29 is 13.2 Å². The molecular weight excluding hydrogens is 380 g/mol. The SMILES string of the molecule is CCC(=O)NC1CCCN(CCS(=O)(=O)c2ccc(Br)cc2)C1. The van der Waals surface area contributed by atoms with Gasteiger partial charge in [0.15, 0.2) is 9.84 Å². The van der Waals surface area contributed by atoms with E-state index >= 15 is 0 Å². The number of nitrogens with zero attached hydrogens (tertiary/aromatic N) is 1. The second kappa shape index (κ2) is 8.26. The van der Waals surface area contributed by atoms with E-state index in [1.54, 1.807) is 24.3 Å². The number of halogens is 1. The lowest BCUT2D eigenvalue weighted by molar-refractivity contribution is -0.121. The average molecular weight is 403 g/mol. The topological polar surface area (TPSA) is 66.5 Å². The number of likely N-dealkylation sites (tertiary alicyclic amines) is 1. The van der Waals surface area contributed by atoms with Gasteiger partial charge < -0.3 is 10.2 Å². The Hall–Kier alpha value is -0.920. The van der Waals surface area contributed by atoms with E-state index < -0.39 is 9.84 Å². The highest BCUT2D eigenvalue weighted by Gasteiger charge is 2.23. The first-order valence-corrected chi connectivity index (χ1v) is 10.4. The molecule has 1 atom stereocenters. The van der Waals surface area contributed by atoms with Crippen LogP contribution in [0.2, 0.25) is 0 Å². The van der Waals surface area contributed by atoms with Crippen LogP contribution in [-0.4, -0.2) is 50.7 Å². The molecule has 7 heteroatoms. The van der Waals surface area contributed by atoms with Crippen LogP contribution in [0.4, 0.5) is 0 Å². The largest absolute Gasteiger partial charge is 0.352 e. The van der Waals surface area contributed by atoms with Gasteiger partial charge in [-0.2, -0.15) is 0 Å². The molecule has 2 rings (SSSR count). The van der Waals surface area contributed by atoms with Crippen molar-refractivity contribution in [3.63, 3.8) is 0 Å². The number of hydrogen-bond acceptors (Lipinski definition) is 4. The van der Waals surface area contributed by atoms with Crippen molar-refractivity contribution in [3.05, 3.63) is 28.7 Å². The van der Waals surface area contributed by atoms with Gasteiger partial charge in [-0.1, -0.05) is 22.9 Å². The van der Waals surface area contributed by atoms with Crippen molar-refractivity contribution in [2.45, 2.75) is 37.1 Å². The molecule has 1 aromatic carbocycles. The number of benzene rings is 1. The summed E-state index contributed by atoms with van der Waals surface area (Å²) in [6, 6.07) is 6.86. The van der Waals surface area contributed by atoms with Gasteiger partial charge in [0.2, 0.25) is 5.91 Å². The van der Waals surface area contributed by atoms with Gasteiger partial charge in [-0.25, -0.2) is 8.42 Å². The zero-order valence-corrected chi connectivity index (χ0v) is 15.7. The molecule has 0 radical (unpaired) electrons. The summed E-state index contributed by atoms with van der Waals surface area (Å²) in [7, 11) is -3.27. The molecule has 0 aromatic heterocycles. The van der Waals surface area contributed by atoms with Crippen LogP contribution < -0.4 is 5.32 Å². The molecule has 1 N–H and O–H groups in total. The number of rotatable bonds is 6. The third-order valence-corrected chi connectivity index (χ3v) is 6.28. The minimum absolute atomic E-state index is 0.0549. The molecule has 1 aliphatic heterocycles. The second-order valence-corrected chi connectivity index (χ2v) is 8.86. The fourth-order valence-electron chi connectivity index (χ4n) is 2.72. The molecular formula is C16H23BrN2O3S. The molecule has 0 bridgehead atoms. The predicted octanol–water partition coefficient (Wildman–Crippen LogP) is 2.21. The van der Waals surface area contributed by atoms with E-state index in [0.29, 0.717) is 17.9 Å². The number of hydrogen-bond donors (Lipinski definition) is 1. The highest BCUT2D eigenvalue weighted by atomic mass is 79.9. The number of nitrogens with one attached hydrogen (secondary N) is 1. The lowest BCUT2D eigenvalue weighted by atomic mass is 10.1. The van der Waals surface area contributed by atoms with Crippen molar-refractivity contribution in [2.24, 2.45) is 0 Å². The van der Waals surface area contributed by atoms with Crippen LogP contribution >= 0.6 is 15.9 Å². The van der Waals surface area contributed by atoms with Crippen LogP contribution in [0.3, 0.4) is 0 Å². The van der Waals surface area contributed by atoms with E-state index in [1.165, 1.54) is 0 Å². The molecule has 1 amide bonds. The van der Waals surface area contributed by atoms with Gasteiger partial charge in [0.1, 0.15) is 0 Å². The summed E-state index contributed by atoms with van der Waals surface area (Å²) in [4.78, 5) is 14.0. The standard InChI is InChI=1S/C16H23BrN2O3S/c1-2-16(20)18-14-4-3-9-19(12-14)10-11-23(21,22)15-7-5-13(17)6-8-15/h5-8,14H,2-4,9-12H2,1H3,(H,18,20). The van der Waals surface area contributed by atoms with Crippen LogP contribution in [0.25, 0.3) is 0 Å². The minimum atomic E-state index is -3.27. The minimum Gasteiger partial charge on any atom is -0.352 e. The van der Waals surface area contributed by atoms with Crippen molar-refractivity contribution >= 4 is 31.7 Å². The monoisotopic (exact) mass is 402 g/mol. The Morgan fingerprint density at radius 3 is 2.70 bits per heavy atom. The average Bonchev–Trinajstić information content (AvgIpc) is 2.54. The van der Waals surface area contributed by atoms with Crippen LogP contribution in [0.5, 0.6) is 0 Å². The van der Waals surface area contributed by atoms with Gasteiger partial charge in [-0.15, -0.1) is 0 Å². The fraction of sp³-hybridized carbons (Fsp3) is 0.562. The number of carbonyl (C=O) groups excluding carboxylic acids is 1. The first-order chi connectivity index (χ1) is 10.9. The van der Waals surface area contributed by atoms with Gasteiger partial charge in [-0.3, -0.25) is 4.79 Å². The molecule has 128 valence electrons. The lowest BCUT2D eigenvalue weighted by Crippen LogP contribution is -2.48. The normalized spacial score (nSPS) is 19.5. The Morgan fingerprint density at radius 2 is 2.04 bits per heavy atom. The molecule has 23 heavy (non-hydrogen) atoms. The highest BCUT2D eigenvalue weighted by molar-refractivity contribution is 9.10. The van der Waals surface area contributed by atoms with Gasteiger partial charge in [0, 0.05) is 30.0 Å². The molecule has 1 fully saturated rings. The Kier molecular flexibility index (Phi) is 6.61. The van der Waals surface area contributed by atoms with E-state index in [0.717, 1.165) is 30.4 Å². The number of sulfone groups is 1. The maximum atomic E-state index is 12.4. The van der Waals surface area contributed by atoms with E-state index in [1.807, 2.05) is 6.92 Å². The molecule has 1 unspecified atom stereocenters. The quantitative estimate of drug-likeness (QED) is 0.791. The summed E-state index contributed by atoms with van der Waals surface area (Å²) in [5.41, 5.74) is 0. The van der Waals surface area contributed by atoms with Gasteiger partial charge in [0.05, 0.1) is 10.6 Å². The predicted molar refractivity (Wildman–Crippen MR) is 94.1 cm³/mol. The molecule has 1 aliphatic rings. The van der Waals surface area contributed by atoms with Crippen LogP contribution in [-0.2, 0) is 14.6 Å². The Morgan fingerprint density at radius 1 is 1.35 bits per heavy atom. The van der Waals surface area contributed by atoms with E-state index in [9.17, 15) is 13.2 Å². The lowest BCUT2D eigenvalue weighted by Gasteiger charge is -2.33. The Bertz CT molecular complexity index is 631. The van der Waals surface area contributed by atoms with E-state index in [4.69, 9.17) is 0 Å². The first-order valence-electron chi connectivity index (χ1n) is 7.91. The van der Waals surface area contributed by atoms with Gasteiger partial charge >= 0.3 is 0 Å². The Balaban J connectivity index is 1.89. The van der Waals surface area contributed by atoms with Crippen LogP contribution in [0.15, 0.2) is 33.6 Å². The number of amides is 1. The highest BCUT2D eigenvalue weighted by Crippen LogP contribution is 2.17. The number of piperidine rings is 1. The second-order valence-electron chi connectivity index (χ2n) is 5.83. The molecule has 0 spiro atoms. The molecule has 0 saturated carbocycles. The fourth-order valence-corrected chi connectivity index (χ4v) is 4.26. The maximum Gasteiger partial charge on any atom is 0.219 e. The van der Waals surface area contributed by atoms with Crippen molar-refractivity contribution in [3.8, 4) is 0 Å².